The third-order valence-corrected chi connectivity index (χ3v) is 3.75. The number of nitrogens with one attached hydrogen (secondary N) is 2. The minimum Gasteiger partial charge on any atom is -0.495 e. The van der Waals surface area contributed by atoms with Gasteiger partial charge in [0.2, 0.25) is 5.91 Å². The largest absolute Gasteiger partial charge is 0.495 e. The molecule has 0 atom stereocenters. The molecule has 0 bridgehead atoms. The molecule has 118 valence electrons. The van der Waals surface area contributed by atoms with E-state index in [1.165, 1.54) is 19.2 Å². The Morgan fingerprint density at radius 3 is 2.91 bits per heavy atom. The number of H-pyrrole nitrogens is 1. The molecule has 23 heavy (non-hydrogen) atoms. The van der Waals surface area contributed by atoms with Crippen LogP contribution in [0, 0.1) is 5.82 Å². The number of hydrogen-bond acceptors (Lipinski definition) is 2. The standard InChI is InChI=1S/C17H14ClFN2O2/c1-23-16-7-11(18)2-5-14(16)21-17(22)6-10-9-20-15-8-12(19)3-4-13(10)15/h2-5,7-9,20H,6H2,1H3,(H,21,22). The van der Waals surface area contributed by atoms with Crippen LogP contribution in [0.2, 0.25) is 5.02 Å². The summed E-state index contributed by atoms with van der Waals surface area (Å²) >= 11 is 5.90. The lowest BCUT2D eigenvalue weighted by atomic mass is 10.1. The van der Waals surface area contributed by atoms with E-state index < -0.39 is 0 Å². The van der Waals surface area contributed by atoms with Gasteiger partial charge in [0, 0.05) is 28.2 Å². The first-order chi connectivity index (χ1) is 11.1. The molecule has 0 saturated carbocycles. The zero-order valence-electron chi connectivity index (χ0n) is 12.3. The molecule has 0 aliphatic carbocycles. The molecule has 0 fully saturated rings. The highest BCUT2D eigenvalue weighted by Gasteiger charge is 2.12. The summed E-state index contributed by atoms with van der Waals surface area (Å²) in [5.41, 5.74) is 2.01. The van der Waals surface area contributed by atoms with E-state index in [1.54, 1.807) is 30.5 Å². The van der Waals surface area contributed by atoms with Crippen LogP contribution in [0.5, 0.6) is 5.75 Å². The van der Waals surface area contributed by atoms with Crippen molar-refractivity contribution in [1.82, 2.24) is 4.98 Å². The zero-order chi connectivity index (χ0) is 16.4. The van der Waals surface area contributed by atoms with E-state index in [0.29, 0.717) is 22.0 Å². The highest BCUT2D eigenvalue weighted by Crippen LogP contribution is 2.28. The Bertz CT molecular complexity index is 876. The van der Waals surface area contributed by atoms with E-state index in [4.69, 9.17) is 16.3 Å². The SMILES string of the molecule is COc1cc(Cl)ccc1NC(=O)Cc1c[nH]c2cc(F)ccc12. The van der Waals surface area contributed by atoms with Crippen molar-refractivity contribution in [3.8, 4) is 5.75 Å². The Morgan fingerprint density at radius 2 is 2.13 bits per heavy atom. The first-order valence-corrected chi connectivity index (χ1v) is 7.33. The van der Waals surface area contributed by atoms with Gasteiger partial charge < -0.3 is 15.0 Å². The predicted octanol–water partition coefficient (Wildman–Crippen LogP) is 4.15. The van der Waals surface area contributed by atoms with Crippen molar-refractivity contribution in [2.24, 2.45) is 0 Å². The van der Waals surface area contributed by atoms with Gasteiger partial charge in [-0.15, -0.1) is 0 Å². The summed E-state index contributed by atoms with van der Waals surface area (Å²) in [4.78, 5) is 15.2. The molecule has 0 unspecified atom stereocenters. The fourth-order valence-electron chi connectivity index (χ4n) is 2.44. The maximum Gasteiger partial charge on any atom is 0.228 e. The van der Waals surface area contributed by atoms with Crippen LogP contribution in [0.1, 0.15) is 5.56 Å². The molecule has 0 aliphatic heterocycles. The lowest BCUT2D eigenvalue weighted by Gasteiger charge is -2.10. The van der Waals surface area contributed by atoms with Gasteiger partial charge in [-0.25, -0.2) is 4.39 Å². The number of aromatic amines is 1. The molecule has 1 aromatic heterocycles. The normalized spacial score (nSPS) is 10.7. The van der Waals surface area contributed by atoms with E-state index in [1.807, 2.05) is 0 Å². The van der Waals surface area contributed by atoms with Crippen molar-refractivity contribution in [3.05, 3.63) is 59.0 Å². The number of carbonyl (C=O) groups excluding carboxylic acids is 1. The van der Waals surface area contributed by atoms with E-state index in [0.717, 1.165) is 10.9 Å². The summed E-state index contributed by atoms with van der Waals surface area (Å²) in [7, 11) is 1.51. The molecule has 0 radical (unpaired) electrons. The van der Waals surface area contributed by atoms with Crippen LogP contribution >= 0.6 is 11.6 Å². The van der Waals surface area contributed by atoms with E-state index in [2.05, 4.69) is 10.3 Å². The molecule has 3 rings (SSSR count). The van der Waals surface area contributed by atoms with Gasteiger partial charge >= 0.3 is 0 Å². The van der Waals surface area contributed by atoms with Crippen LogP contribution in [-0.2, 0) is 11.2 Å². The Hall–Kier alpha value is -2.53. The summed E-state index contributed by atoms with van der Waals surface area (Å²) in [6.45, 7) is 0. The smallest absolute Gasteiger partial charge is 0.228 e. The highest BCUT2D eigenvalue weighted by atomic mass is 35.5. The van der Waals surface area contributed by atoms with E-state index >= 15 is 0 Å². The summed E-state index contributed by atoms with van der Waals surface area (Å²) < 4.78 is 18.4. The van der Waals surface area contributed by atoms with Crippen LogP contribution in [0.15, 0.2) is 42.6 Å². The molecule has 2 aromatic carbocycles. The average Bonchev–Trinajstić information content (AvgIpc) is 2.91. The minimum atomic E-state index is -0.318. The molecule has 4 nitrogen and oxygen atoms in total. The fourth-order valence-corrected chi connectivity index (χ4v) is 2.60. The summed E-state index contributed by atoms with van der Waals surface area (Å²) in [5.74, 6) is -0.0241. The number of amides is 1. The number of aromatic nitrogens is 1. The Kier molecular flexibility index (Phi) is 4.21. The van der Waals surface area contributed by atoms with Crippen molar-refractivity contribution in [2.45, 2.75) is 6.42 Å². The molecule has 1 heterocycles. The van der Waals surface area contributed by atoms with Crippen molar-refractivity contribution in [3.63, 3.8) is 0 Å². The monoisotopic (exact) mass is 332 g/mol. The molecule has 0 saturated heterocycles. The van der Waals surface area contributed by atoms with Gasteiger partial charge in [0.05, 0.1) is 19.2 Å². The molecule has 0 spiro atoms. The van der Waals surface area contributed by atoms with Crippen molar-refractivity contribution < 1.29 is 13.9 Å². The molecular weight excluding hydrogens is 319 g/mol. The van der Waals surface area contributed by atoms with Gasteiger partial charge in [0.15, 0.2) is 0 Å². The average molecular weight is 333 g/mol. The number of rotatable bonds is 4. The van der Waals surface area contributed by atoms with Gasteiger partial charge in [-0.3, -0.25) is 4.79 Å². The summed E-state index contributed by atoms with van der Waals surface area (Å²) in [6, 6.07) is 9.43. The van der Waals surface area contributed by atoms with Gasteiger partial charge in [0.25, 0.3) is 0 Å². The van der Waals surface area contributed by atoms with Gasteiger partial charge in [-0.2, -0.15) is 0 Å². The molecule has 1 amide bonds. The number of ether oxygens (including phenoxy) is 1. The number of fused-ring (bicyclic) bond motifs is 1. The number of methoxy groups -OCH3 is 1. The van der Waals surface area contributed by atoms with Gasteiger partial charge in [-0.05, 0) is 35.9 Å². The van der Waals surface area contributed by atoms with Gasteiger partial charge in [-0.1, -0.05) is 11.6 Å². The van der Waals surface area contributed by atoms with Crippen molar-refractivity contribution >= 4 is 34.1 Å². The maximum atomic E-state index is 13.2. The van der Waals surface area contributed by atoms with Gasteiger partial charge in [0.1, 0.15) is 11.6 Å². The Labute approximate surface area is 137 Å². The molecule has 2 N–H and O–H groups in total. The second kappa shape index (κ2) is 6.30. The lowest BCUT2D eigenvalue weighted by molar-refractivity contribution is -0.115. The number of anilines is 1. The number of benzene rings is 2. The number of hydrogen-bond donors (Lipinski definition) is 2. The Morgan fingerprint density at radius 1 is 1.30 bits per heavy atom. The third kappa shape index (κ3) is 3.29. The number of halogens is 2. The second-order valence-corrected chi connectivity index (χ2v) is 5.51. The molecule has 0 aliphatic rings. The minimum absolute atomic E-state index is 0.164. The first-order valence-electron chi connectivity index (χ1n) is 6.95. The van der Waals surface area contributed by atoms with Crippen LogP contribution in [-0.4, -0.2) is 18.0 Å². The quantitative estimate of drug-likeness (QED) is 0.754. The number of carbonyl (C=O) groups is 1. The van der Waals surface area contributed by atoms with Crippen LogP contribution in [0.4, 0.5) is 10.1 Å². The predicted molar refractivity (Wildman–Crippen MR) is 88.6 cm³/mol. The van der Waals surface area contributed by atoms with Crippen molar-refractivity contribution in [1.29, 1.82) is 0 Å². The lowest BCUT2D eigenvalue weighted by Crippen LogP contribution is -2.14. The van der Waals surface area contributed by atoms with Crippen LogP contribution in [0.25, 0.3) is 10.9 Å². The summed E-state index contributed by atoms with van der Waals surface area (Å²) in [6.07, 6.45) is 1.88. The van der Waals surface area contributed by atoms with Crippen LogP contribution in [0.3, 0.4) is 0 Å². The fraction of sp³-hybridized carbons (Fsp3) is 0.118. The van der Waals surface area contributed by atoms with Crippen molar-refractivity contribution in [2.75, 3.05) is 12.4 Å². The topological polar surface area (TPSA) is 54.1 Å². The molecule has 3 aromatic rings. The molecular formula is C17H14ClFN2O2. The second-order valence-electron chi connectivity index (χ2n) is 5.07. The summed E-state index contributed by atoms with van der Waals surface area (Å²) in [5, 5.41) is 4.14. The van der Waals surface area contributed by atoms with E-state index in [-0.39, 0.29) is 18.1 Å². The van der Waals surface area contributed by atoms with Crippen LogP contribution < -0.4 is 10.1 Å². The maximum absolute atomic E-state index is 13.2. The Balaban J connectivity index is 1.79. The third-order valence-electron chi connectivity index (χ3n) is 3.52. The van der Waals surface area contributed by atoms with E-state index in [9.17, 15) is 9.18 Å². The molecule has 6 heteroatoms. The highest BCUT2D eigenvalue weighted by molar-refractivity contribution is 6.30. The zero-order valence-corrected chi connectivity index (χ0v) is 13.1. The first kappa shape index (κ1) is 15.4.